The summed E-state index contributed by atoms with van der Waals surface area (Å²) >= 11 is 0. The number of fused-ring (bicyclic) bond motifs is 1. The quantitative estimate of drug-likeness (QED) is 0.569. The third-order valence-electron chi connectivity index (χ3n) is 5.61. The van der Waals surface area contributed by atoms with Gasteiger partial charge in [-0.3, -0.25) is 14.4 Å². The number of hydrogen-bond acceptors (Lipinski definition) is 5. The van der Waals surface area contributed by atoms with Gasteiger partial charge in [0.1, 0.15) is 17.6 Å². The maximum Gasteiger partial charge on any atom is 0.253 e. The summed E-state index contributed by atoms with van der Waals surface area (Å²) < 4.78 is 1.37. The highest BCUT2D eigenvalue weighted by Crippen LogP contribution is 2.28. The normalized spacial score (nSPS) is 15.6. The molecule has 0 aliphatic heterocycles. The van der Waals surface area contributed by atoms with Gasteiger partial charge in [0, 0.05) is 18.8 Å². The molecule has 0 bridgehead atoms. The molecule has 156 valence electrons. The zero-order valence-electron chi connectivity index (χ0n) is 16.6. The Morgan fingerprint density at radius 1 is 1.07 bits per heavy atom. The smallest absolute Gasteiger partial charge is 0.253 e. The summed E-state index contributed by atoms with van der Waals surface area (Å²) in [7, 11) is 0. The molecule has 30 heavy (non-hydrogen) atoms. The Balaban J connectivity index is 1.46. The lowest BCUT2D eigenvalue weighted by Crippen LogP contribution is -2.57. The summed E-state index contributed by atoms with van der Waals surface area (Å²) in [5.74, 6) is -0.494. The summed E-state index contributed by atoms with van der Waals surface area (Å²) in [5, 5.41) is 16.7. The van der Waals surface area contributed by atoms with Crippen LogP contribution in [0.25, 0.3) is 11.0 Å². The monoisotopic (exact) mass is 408 g/mol. The van der Waals surface area contributed by atoms with E-state index in [1.165, 1.54) is 10.6 Å². The number of aromatic nitrogens is 4. The van der Waals surface area contributed by atoms with Gasteiger partial charge in [0.25, 0.3) is 11.5 Å². The first kappa shape index (κ1) is 19.8. The molecule has 0 spiro atoms. The molecule has 4 rings (SSSR count). The van der Waals surface area contributed by atoms with Crippen molar-refractivity contribution in [3.05, 3.63) is 58.5 Å². The van der Waals surface area contributed by atoms with E-state index in [2.05, 4.69) is 26.0 Å². The fourth-order valence-corrected chi connectivity index (χ4v) is 4.05. The Morgan fingerprint density at radius 3 is 2.70 bits per heavy atom. The van der Waals surface area contributed by atoms with Gasteiger partial charge in [-0.15, -0.1) is 0 Å². The van der Waals surface area contributed by atoms with Crippen LogP contribution in [0.2, 0.25) is 0 Å². The Hall–Kier alpha value is -3.49. The standard InChI is InChI=1S/C21H24N6O3/c28-17(13-27-12-5-2-9-18(27)29)23-21(10-3-1-4-11-21)14-22-20(30)15-7-6-8-16-19(15)25-26-24-16/h2,5-9,12H,1,3-4,10-11,13-14H2,(H,22,30)(H,23,28)(H,24,25,26). The van der Waals surface area contributed by atoms with Gasteiger partial charge in [-0.25, -0.2) is 0 Å². The van der Waals surface area contributed by atoms with E-state index >= 15 is 0 Å². The summed E-state index contributed by atoms with van der Waals surface area (Å²) in [6, 6.07) is 10.0. The average molecular weight is 408 g/mol. The highest BCUT2D eigenvalue weighted by Gasteiger charge is 2.34. The van der Waals surface area contributed by atoms with E-state index in [9.17, 15) is 14.4 Å². The minimum Gasteiger partial charge on any atom is -0.350 e. The first-order valence-corrected chi connectivity index (χ1v) is 10.1. The second kappa shape index (κ2) is 8.48. The second-order valence-corrected chi connectivity index (χ2v) is 7.74. The molecular formula is C21H24N6O3. The first-order valence-electron chi connectivity index (χ1n) is 10.1. The Bertz CT molecular complexity index is 1110. The van der Waals surface area contributed by atoms with E-state index in [1.54, 1.807) is 36.5 Å². The summed E-state index contributed by atoms with van der Waals surface area (Å²) in [5.41, 5.74) is 0.826. The molecule has 0 atom stereocenters. The van der Waals surface area contributed by atoms with E-state index in [1.807, 2.05) is 0 Å². The number of nitrogens with one attached hydrogen (secondary N) is 3. The lowest BCUT2D eigenvalue weighted by molar-refractivity contribution is -0.124. The van der Waals surface area contributed by atoms with Gasteiger partial charge in [0.05, 0.1) is 11.1 Å². The molecule has 2 aromatic heterocycles. The van der Waals surface area contributed by atoms with Crippen molar-refractivity contribution in [2.24, 2.45) is 0 Å². The predicted octanol–water partition coefficient (Wildman–Crippen LogP) is 1.37. The largest absolute Gasteiger partial charge is 0.350 e. The first-order chi connectivity index (χ1) is 14.6. The zero-order chi connectivity index (χ0) is 21.0. The fourth-order valence-electron chi connectivity index (χ4n) is 4.05. The maximum atomic E-state index is 12.8. The minimum atomic E-state index is -0.527. The van der Waals surface area contributed by atoms with Gasteiger partial charge in [0.15, 0.2) is 0 Å². The SMILES string of the molecule is O=C(Cn1ccccc1=O)NC1(CNC(=O)c2cccc3n[nH]nc23)CCCCC1. The molecule has 2 amide bonds. The molecular weight excluding hydrogens is 384 g/mol. The highest BCUT2D eigenvalue weighted by molar-refractivity contribution is 6.04. The van der Waals surface area contributed by atoms with Gasteiger partial charge >= 0.3 is 0 Å². The zero-order valence-corrected chi connectivity index (χ0v) is 16.6. The van der Waals surface area contributed by atoms with Crippen LogP contribution < -0.4 is 16.2 Å². The van der Waals surface area contributed by atoms with Crippen LogP contribution in [-0.2, 0) is 11.3 Å². The number of H-pyrrole nitrogens is 1. The third-order valence-corrected chi connectivity index (χ3v) is 5.61. The number of nitrogens with zero attached hydrogens (tertiary/aromatic N) is 3. The van der Waals surface area contributed by atoms with Crippen molar-refractivity contribution in [2.75, 3.05) is 6.54 Å². The van der Waals surface area contributed by atoms with Gasteiger partial charge in [0.2, 0.25) is 5.91 Å². The molecule has 1 aliphatic carbocycles. The van der Waals surface area contributed by atoms with Crippen LogP contribution in [0.4, 0.5) is 0 Å². The van der Waals surface area contributed by atoms with Crippen molar-refractivity contribution >= 4 is 22.8 Å². The fraction of sp³-hybridized carbons (Fsp3) is 0.381. The van der Waals surface area contributed by atoms with Crippen LogP contribution >= 0.6 is 0 Å². The molecule has 2 heterocycles. The van der Waals surface area contributed by atoms with Gasteiger partial charge in [-0.05, 0) is 31.0 Å². The molecule has 0 saturated heterocycles. The topological polar surface area (TPSA) is 122 Å². The number of pyridine rings is 1. The number of amides is 2. The van der Waals surface area contributed by atoms with Crippen LogP contribution in [0.15, 0.2) is 47.4 Å². The van der Waals surface area contributed by atoms with Crippen LogP contribution in [-0.4, -0.2) is 43.9 Å². The van der Waals surface area contributed by atoms with E-state index in [-0.39, 0.29) is 23.9 Å². The molecule has 9 nitrogen and oxygen atoms in total. The number of aromatic amines is 1. The van der Waals surface area contributed by atoms with Crippen molar-refractivity contribution < 1.29 is 9.59 Å². The van der Waals surface area contributed by atoms with Gasteiger partial charge < -0.3 is 15.2 Å². The predicted molar refractivity (Wildman–Crippen MR) is 111 cm³/mol. The summed E-state index contributed by atoms with van der Waals surface area (Å²) in [6.45, 7) is 0.267. The lowest BCUT2D eigenvalue weighted by Gasteiger charge is -2.38. The third kappa shape index (κ3) is 4.24. The van der Waals surface area contributed by atoms with Crippen molar-refractivity contribution in [3.63, 3.8) is 0 Å². The van der Waals surface area contributed by atoms with E-state index in [4.69, 9.17) is 0 Å². The van der Waals surface area contributed by atoms with Gasteiger partial charge in [-0.2, -0.15) is 15.4 Å². The van der Waals surface area contributed by atoms with Crippen LogP contribution in [0.1, 0.15) is 42.5 Å². The molecule has 3 aromatic rings. The number of carbonyl (C=O) groups is 2. The molecule has 3 N–H and O–H groups in total. The number of hydrogen-bond donors (Lipinski definition) is 3. The Morgan fingerprint density at radius 2 is 1.90 bits per heavy atom. The summed E-state index contributed by atoms with van der Waals surface area (Å²) in [4.78, 5) is 37.4. The Kier molecular flexibility index (Phi) is 5.60. The lowest BCUT2D eigenvalue weighted by atomic mass is 9.81. The average Bonchev–Trinajstić information content (AvgIpc) is 3.23. The molecule has 1 aromatic carbocycles. The van der Waals surface area contributed by atoms with E-state index in [0.29, 0.717) is 23.1 Å². The van der Waals surface area contributed by atoms with Crippen molar-refractivity contribution in [2.45, 2.75) is 44.2 Å². The molecule has 1 fully saturated rings. The molecule has 1 saturated carbocycles. The molecule has 1 aliphatic rings. The number of para-hydroxylation sites is 1. The number of benzene rings is 1. The molecule has 0 unspecified atom stereocenters. The van der Waals surface area contributed by atoms with E-state index < -0.39 is 5.54 Å². The second-order valence-electron chi connectivity index (χ2n) is 7.74. The molecule has 9 heteroatoms. The molecule has 0 radical (unpaired) electrons. The van der Waals surface area contributed by atoms with Crippen molar-refractivity contribution in [1.82, 2.24) is 30.6 Å². The van der Waals surface area contributed by atoms with Crippen molar-refractivity contribution in [3.8, 4) is 0 Å². The van der Waals surface area contributed by atoms with Crippen LogP contribution in [0, 0.1) is 0 Å². The Labute approximate surface area is 172 Å². The summed E-state index contributed by atoms with van der Waals surface area (Å²) in [6.07, 6.45) is 6.19. The minimum absolute atomic E-state index is 0.0480. The maximum absolute atomic E-state index is 12.8. The van der Waals surface area contributed by atoms with Crippen molar-refractivity contribution in [1.29, 1.82) is 0 Å². The van der Waals surface area contributed by atoms with E-state index in [0.717, 1.165) is 32.1 Å². The number of rotatable bonds is 6. The van der Waals surface area contributed by atoms with Gasteiger partial charge in [-0.1, -0.05) is 31.4 Å². The van der Waals surface area contributed by atoms with Crippen LogP contribution in [0.3, 0.4) is 0 Å². The number of carbonyl (C=O) groups excluding carboxylic acids is 2. The van der Waals surface area contributed by atoms with Crippen LogP contribution in [0.5, 0.6) is 0 Å². The highest BCUT2D eigenvalue weighted by atomic mass is 16.2.